The second kappa shape index (κ2) is 4.45. The van der Waals surface area contributed by atoms with Gasteiger partial charge in [0.15, 0.2) is 0 Å². The molecule has 12 heavy (non-hydrogen) atoms. The molecule has 0 spiro atoms. The van der Waals surface area contributed by atoms with Crippen LogP contribution in [0.5, 0.6) is 0 Å². The van der Waals surface area contributed by atoms with E-state index in [1.54, 1.807) is 4.90 Å². The summed E-state index contributed by atoms with van der Waals surface area (Å²) in [4.78, 5) is 12.9. The third kappa shape index (κ3) is 2.48. The van der Waals surface area contributed by atoms with Crippen molar-refractivity contribution in [2.24, 2.45) is 0 Å². The standard InChI is InChI=1S/C9H17NO2/c1-2-4-8(11)7-10-6-3-5-9(10)12/h8,11H,2-7H2,1H3. The summed E-state index contributed by atoms with van der Waals surface area (Å²) in [5.74, 6) is 0.199. The van der Waals surface area contributed by atoms with E-state index in [-0.39, 0.29) is 12.0 Å². The molecule has 1 rings (SSSR count). The van der Waals surface area contributed by atoms with Gasteiger partial charge < -0.3 is 10.0 Å². The second-order valence-electron chi connectivity index (χ2n) is 3.39. The van der Waals surface area contributed by atoms with Crippen LogP contribution in [-0.2, 0) is 4.79 Å². The molecule has 3 heteroatoms. The van der Waals surface area contributed by atoms with E-state index in [9.17, 15) is 9.90 Å². The number of β-amino-alcohol motifs (C(OH)–C–C–N with tert-alkyl or cyclic N) is 1. The average Bonchev–Trinajstić information content (AvgIpc) is 2.37. The Kier molecular flexibility index (Phi) is 3.53. The molecule has 70 valence electrons. The molecular weight excluding hydrogens is 154 g/mol. The molecule has 1 unspecified atom stereocenters. The summed E-state index contributed by atoms with van der Waals surface area (Å²) in [6.45, 7) is 3.40. The minimum Gasteiger partial charge on any atom is -0.391 e. The van der Waals surface area contributed by atoms with Crippen molar-refractivity contribution in [1.82, 2.24) is 4.90 Å². The molecule has 3 nitrogen and oxygen atoms in total. The maximum absolute atomic E-state index is 11.1. The van der Waals surface area contributed by atoms with Gasteiger partial charge in [-0.25, -0.2) is 0 Å². The Labute approximate surface area is 73.4 Å². The Bertz CT molecular complexity index is 159. The lowest BCUT2D eigenvalue weighted by Gasteiger charge is -2.19. The van der Waals surface area contributed by atoms with Crippen molar-refractivity contribution in [3.8, 4) is 0 Å². The average molecular weight is 171 g/mol. The monoisotopic (exact) mass is 171 g/mol. The number of aliphatic hydroxyl groups is 1. The van der Waals surface area contributed by atoms with Gasteiger partial charge in [0, 0.05) is 19.5 Å². The lowest BCUT2D eigenvalue weighted by Crippen LogP contribution is -2.33. The quantitative estimate of drug-likeness (QED) is 0.678. The second-order valence-corrected chi connectivity index (χ2v) is 3.39. The van der Waals surface area contributed by atoms with Gasteiger partial charge in [0.25, 0.3) is 0 Å². The molecule has 1 atom stereocenters. The predicted octanol–water partition coefficient (Wildman–Crippen LogP) is 0.770. The SMILES string of the molecule is CCCC(O)CN1CCCC1=O. The first-order chi connectivity index (χ1) is 5.74. The number of hydrogen-bond acceptors (Lipinski definition) is 2. The van der Waals surface area contributed by atoms with Gasteiger partial charge in [-0.15, -0.1) is 0 Å². The molecule has 1 fully saturated rings. The van der Waals surface area contributed by atoms with E-state index in [1.165, 1.54) is 0 Å². The molecule has 0 aromatic rings. The van der Waals surface area contributed by atoms with Crippen LogP contribution in [0.15, 0.2) is 0 Å². The Morgan fingerprint density at radius 3 is 2.92 bits per heavy atom. The van der Waals surface area contributed by atoms with Crippen molar-refractivity contribution < 1.29 is 9.90 Å². The molecule has 0 aromatic carbocycles. The zero-order chi connectivity index (χ0) is 8.97. The summed E-state index contributed by atoms with van der Waals surface area (Å²) >= 11 is 0. The first-order valence-corrected chi connectivity index (χ1v) is 4.70. The van der Waals surface area contributed by atoms with Gasteiger partial charge in [0.05, 0.1) is 6.10 Å². The number of rotatable bonds is 4. The van der Waals surface area contributed by atoms with Crippen molar-refractivity contribution in [3.05, 3.63) is 0 Å². The predicted molar refractivity (Wildman–Crippen MR) is 46.7 cm³/mol. The summed E-state index contributed by atoms with van der Waals surface area (Å²) in [5.41, 5.74) is 0. The van der Waals surface area contributed by atoms with Crippen LogP contribution in [0.1, 0.15) is 32.6 Å². The molecule has 0 saturated carbocycles. The summed E-state index contributed by atoms with van der Waals surface area (Å²) in [6.07, 6.45) is 3.07. The van der Waals surface area contributed by atoms with E-state index in [4.69, 9.17) is 0 Å². The topological polar surface area (TPSA) is 40.5 Å². The van der Waals surface area contributed by atoms with Gasteiger partial charge in [-0.05, 0) is 12.8 Å². The van der Waals surface area contributed by atoms with Crippen molar-refractivity contribution in [2.45, 2.75) is 38.7 Å². The molecule has 1 N–H and O–H groups in total. The van der Waals surface area contributed by atoms with Crippen LogP contribution in [-0.4, -0.2) is 35.1 Å². The highest BCUT2D eigenvalue weighted by Gasteiger charge is 2.21. The zero-order valence-electron chi connectivity index (χ0n) is 7.62. The largest absolute Gasteiger partial charge is 0.391 e. The molecule has 1 heterocycles. The molecule has 1 amide bonds. The van der Waals surface area contributed by atoms with Crippen molar-refractivity contribution in [1.29, 1.82) is 0 Å². The highest BCUT2D eigenvalue weighted by atomic mass is 16.3. The number of nitrogens with zero attached hydrogens (tertiary/aromatic N) is 1. The van der Waals surface area contributed by atoms with Crippen LogP contribution >= 0.6 is 0 Å². The maximum Gasteiger partial charge on any atom is 0.222 e. The molecule has 0 bridgehead atoms. The van der Waals surface area contributed by atoms with Crippen LogP contribution in [0.25, 0.3) is 0 Å². The van der Waals surface area contributed by atoms with Gasteiger partial charge in [-0.3, -0.25) is 4.79 Å². The lowest BCUT2D eigenvalue weighted by atomic mass is 10.2. The van der Waals surface area contributed by atoms with E-state index in [0.717, 1.165) is 25.8 Å². The highest BCUT2D eigenvalue weighted by Crippen LogP contribution is 2.11. The van der Waals surface area contributed by atoms with Crippen molar-refractivity contribution in [3.63, 3.8) is 0 Å². The minimum absolute atomic E-state index is 0.199. The molecule has 0 aromatic heterocycles. The van der Waals surface area contributed by atoms with Gasteiger partial charge in [0.1, 0.15) is 0 Å². The number of likely N-dealkylation sites (tertiary alicyclic amines) is 1. The molecule has 1 saturated heterocycles. The number of amides is 1. The van der Waals surface area contributed by atoms with E-state index in [2.05, 4.69) is 0 Å². The van der Waals surface area contributed by atoms with Gasteiger partial charge in [0.2, 0.25) is 5.91 Å². The number of carbonyl (C=O) groups is 1. The first kappa shape index (κ1) is 9.52. The Morgan fingerprint density at radius 1 is 1.67 bits per heavy atom. The molecule has 1 aliphatic rings. The zero-order valence-corrected chi connectivity index (χ0v) is 7.62. The van der Waals surface area contributed by atoms with Gasteiger partial charge in [-0.1, -0.05) is 13.3 Å². The minimum atomic E-state index is -0.322. The summed E-state index contributed by atoms with van der Waals surface area (Å²) < 4.78 is 0. The van der Waals surface area contributed by atoms with Crippen LogP contribution in [0.3, 0.4) is 0 Å². The summed E-state index contributed by atoms with van der Waals surface area (Å²) in [7, 11) is 0. The highest BCUT2D eigenvalue weighted by molar-refractivity contribution is 5.78. The number of carbonyl (C=O) groups excluding carboxylic acids is 1. The van der Waals surface area contributed by atoms with Crippen LogP contribution in [0.2, 0.25) is 0 Å². The molecule has 0 radical (unpaired) electrons. The summed E-state index contributed by atoms with van der Waals surface area (Å²) in [5, 5.41) is 9.43. The van der Waals surface area contributed by atoms with Crippen LogP contribution in [0, 0.1) is 0 Å². The fourth-order valence-corrected chi connectivity index (χ4v) is 1.58. The Balaban J connectivity index is 2.25. The third-order valence-electron chi connectivity index (χ3n) is 2.22. The van der Waals surface area contributed by atoms with E-state index in [1.807, 2.05) is 6.92 Å². The fraction of sp³-hybridized carbons (Fsp3) is 0.889. The normalized spacial score (nSPS) is 20.2. The smallest absolute Gasteiger partial charge is 0.222 e. The maximum atomic E-state index is 11.1. The lowest BCUT2D eigenvalue weighted by molar-refractivity contribution is -0.128. The Hall–Kier alpha value is -0.570. The van der Waals surface area contributed by atoms with Crippen LogP contribution in [0.4, 0.5) is 0 Å². The van der Waals surface area contributed by atoms with Crippen molar-refractivity contribution in [2.75, 3.05) is 13.1 Å². The third-order valence-corrected chi connectivity index (χ3v) is 2.22. The first-order valence-electron chi connectivity index (χ1n) is 4.70. The number of aliphatic hydroxyl groups excluding tert-OH is 1. The van der Waals surface area contributed by atoms with Crippen molar-refractivity contribution >= 4 is 5.91 Å². The van der Waals surface area contributed by atoms with E-state index < -0.39 is 0 Å². The van der Waals surface area contributed by atoms with Crippen LogP contribution < -0.4 is 0 Å². The molecule has 1 aliphatic heterocycles. The van der Waals surface area contributed by atoms with Gasteiger partial charge >= 0.3 is 0 Å². The number of hydrogen-bond donors (Lipinski definition) is 1. The summed E-state index contributed by atoms with van der Waals surface area (Å²) in [6, 6.07) is 0. The molecule has 0 aliphatic carbocycles. The van der Waals surface area contributed by atoms with E-state index >= 15 is 0 Å². The van der Waals surface area contributed by atoms with Gasteiger partial charge in [-0.2, -0.15) is 0 Å². The van der Waals surface area contributed by atoms with E-state index in [0.29, 0.717) is 13.0 Å². The fourth-order valence-electron chi connectivity index (χ4n) is 1.58. The Morgan fingerprint density at radius 2 is 2.42 bits per heavy atom. The molecular formula is C9H17NO2.